The number of azide groups is 1. The van der Waals surface area contributed by atoms with Gasteiger partial charge in [0.25, 0.3) is 5.91 Å². The van der Waals surface area contributed by atoms with Crippen molar-refractivity contribution >= 4 is 21.6 Å². The Kier molecular flexibility index (Phi) is 12.7. The summed E-state index contributed by atoms with van der Waals surface area (Å²) in [6.45, 7) is 1.61. The molecule has 1 heterocycles. The number of hydrazine groups is 1. The summed E-state index contributed by atoms with van der Waals surface area (Å²) in [7, 11) is 0.0963. The van der Waals surface area contributed by atoms with Crippen LogP contribution in [-0.2, 0) is 25.9 Å². The van der Waals surface area contributed by atoms with Crippen molar-refractivity contribution in [2.75, 3.05) is 46.2 Å². The van der Waals surface area contributed by atoms with Crippen LogP contribution in [0.1, 0.15) is 42.1 Å². The number of rotatable bonds is 18. The molecule has 0 bridgehead atoms. The van der Waals surface area contributed by atoms with E-state index in [-0.39, 0.29) is 30.4 Å². The minimum atomic E-state index is -3.82. The molecule has 3 aromatic carbocycles. The lowest BCUT2D eigenvalue weighted by molar-refractivity contribution is -0.130. The molecule has 14 heteroatoms. The highest BCUT2D eigenvalue weighted by molar-refractivity contribution is 7.91. The van der Waals surface area contributed by atoms with E-state index in [4.69, 9.17) is 25.1 Å². The van der Waals surface area contributed by atoms with Crippen molar-refractivity contribution < 1.29 is 27.8 Å². The number of nitrogens with one attached hydrogen (secondary N) is 2. The summed E-state index contributed by atoms with van der Waals surface area (Å²) in [6, 6.07) is 22.1. The fourth-order valence-corrected chi connectivity index (χ4v) is 6.55. The first-order valence-electron chi connectivity index (χ1n) is 15.4. The summed E-state index contributed by atoms with van der Waals surface area (Å²) in [4.78, 5) is 24.3. The maximum Gasteiger partial charge on any atom is 0.266 e. The van der Waals surface area contributed by atoms with Crippen LogP contribution in [-0.4, -0.2) is 81.9 Å². The van der Waals surface area contributed by atoms with E-state index < -0.39 is 33.1 Å². The van der Waals surface area contributed by atoms with E-state index in [1.165, 1.54) is 12.1 Å². The molecule has 0 fully saturated rings. The van der Waals surface area contributed by atoms with Gasteiger partial charge in [0.15, 0.2) is 21.5 Å². The molecule has 4 rings (SSSR count). The molecule has 250 valence electrons. The fraction of sp³-hybridized carbons (Fsp3) is 0.394. The number of ether oxygens (including phenoxy) is 2. The maximum atomic E-state index is 14.3. The summed E-state index contributed by atoms with van der Waals surface area (Å²) >= 11 is 0. The van der Waals surface area contributed by atoms with E-state index in [0.717, 1.165) is 13.0 Å². The van der Waals surface area contributed by atoms with Crippen molar-refractivity contribution in [3.63, 3.8) is 0 Å². The maximum absolute atomic E-state index is 14.3. The topological polar surface area (TPSA) is 178 Å². The molecule has 47 heavy (non-hydrogen) atoms. The van der Waals surface area contributed by atoms with Gasteiger partial charge >= 0.3 is 0 Å². The molecule has 1 amide bonds. The standard InChI is InChI=1S/C33H41N7O6S/c1-40(2)20-8-19-35-38-32(42)33(18-23-47(43,44)28-11-4-3-5-12-28)30(29-13-7-6-10-26(29)24-36-39-34)46-31(37-33)25-14-16-27(17-15-25)45-22-9-21-41/h3-7,10-17,30,35,41H,8-9,18-24H2,1-2H3,(H,38,42)/t30-,33-/m0/s1. The van der Waals surface area contributed by atoms with Gasteiger partial charge in [0.05, 0.1) is 23.8 Å². The van der Waals surface area contributed by atoms with E-state index in [1.807, 2.05) is 19.0 Å². The first-order chi connectivity index (χ1) is 22.7. The lowest BCUT2D eigenvalue weighted by Gasteiger charge is -2.31. The predicted molar refractivity (Wildman–Crippen MR) is 178 cm³/mol. The molecular formula is C33H41N7O6S. The van der Waals surface area contributed by atoms with E-state index in [0.29, 0.717) is 42.0 Å². The second-order valence-electron chi connectivity index (χ2n) is 11.3. The van der Waals surface area contributed by atoms with Gasteiger partial charge in [-0.3, -0.25) is 10.2 Å². The number of aliphatic hydroxyl groups excluding tert-OH is 1. The number of amides is 1. The Hall–Kier alpha value is -4.46. The van der Waals surface area contributed by atoms with Gasteiger partial charge in [0.2, 0.25) is 5.90 Å². The lowest BCUT2D eigenvalue weighted by atomic mass is 9.83. The normalized spacial score (nSPS) is 17.4. The number of benzene rings is 3. The zero-order valence-corrected chi connectivity index (χ0v) is 27.4. The quantitative estimate of drug-likeness (QED) is 0.0602. The highest BCUT2D eigenvalue weighted by Gasteiger charge is 2.54. The highest BCUT2D eigenvalue weighted by Crippen LogP contribution is 2.44. The second kappa shape index (κ2) is 16.9. The van der Waals surface area contributed by atoms with Gasteiger partial charge in [-0.05, 0) is 80.1 Å². The fourth-order valence-electron chi connectivity index (χ4n) is 5.16. The van der Waals surface area contributed by atoms with Crippen LogP contribution < -0.4 is 15.6 Å². The van der Waals surface area contributed by atoms with Crippen LogP contribution in [0.15, 0.2) is 93.9 Å². The minimum Gasteiger partial charge on any atom is -0.494 e. The number of carbonyl (C=O) groups is 1. The first kappa shape index (κ1) is 35.4. The van der Waals surface area contributed by atoms with E-state index in [2.05, 4.69) is 20.9 Å². The number of nitrogens with zero attached hydrogens (tertiary/aromatic N) is 5. The molecule has 3 aromatic rings. The van der Waals surface area contributed by atoms with Gasteiger partial charge in [-0.2, -0.15) is 0 Å². The van der Waals surface area contributed by atoms with Gasteiger partial charge < -0.3 is 19.5 Å². The molecule has 1 aliphatic heterocycles. The molecule has 0 aliphatic carbocycles. The van der Waals surface area contributed by atoms with Crippen molar-refractivity contribution in [2.45, 2.75) is 42.3 Å². The number of sulfone groups is 1. The van der Waals surface area contributed by atoms with Gasteiger partial charge in [0.1, 0.15) is 5.75 Å². The second-order valence-corrected chi connectivity index (χ2v) is 13.4. The summed E-state index contributed by atoms with van der Waals surface area (Å²) in [5, 5.41) is 12.8. The summed E-state index contributed by atoms with van der Waals surface area (Å²) < 4.78 is 39.3. The summed E-state index contributed by atoms with van der Waals surface area (Å²) in [6.07, 6.45) is -0.0281. The van der Waals surface area contributed by atoms with Crippen LogP contribution in [0.4, 0.5) is 0 Å². The third-order valence-electron chi connectivity index (χ3n) is 7.64. The van der Waals surface area contributed by atoms with Crippen molar-refractivity contribution in [3.05, 3.63) is 106 Å². The number of hydrogen-bond donors (Lipinski definition) is 3. The Morgan fingerprint density at radius 1 is 1.09 bits per heavy atom. The Balaban J connectivity index is 1.77. The average molecular weight is 664 g/mol. The molecule has 0 radical (unpaired) electrons. The minimum absolute atomic E-state index is 0.00938. The van der Waals surface area contributed by atoms with Crippen molar-refractivity contribution in [2.24, 2.45) is 10.1 Å². The van der Waals surface area contributed by atoms with Crippen LogP contribution in [0.3, 0.4) is 0 Å². The Morgan fingerprint density at radius 3 is 2.51 bits per heavy atom. The molecule has 13 nitrogen and oxygen atoms in total. The van der Waals surface area contributed by atoms with E-state index in [1.54, 1.807) is 66.7 Å². The van der Waals surface area contributed by atoms with Crippen molar-refractivity contribution in [1.82, 2.24) is 15.8 Å². The zero-order valence-electron chi connectivity index (χ0n) is 26.6. The first-order valence-corrected chi connectivity index (χ1v) is 17.0. The largest absolute Gasteiger partial charge is 0.494 e. The highest BCUT2D eigenvalue weighted by atomic mass is 32.2. The molecule has 0 spiro atoms. The molecule has 0 saturated carbocycles. The molecular weight excluding hydrogens is 622 g/mol. The third kappa shape index (κ3) is 9.31. The number of carbonyl (C=O) groups excluding carboxylic acids is 1. The van der Waals surface area contributed by atoms with Crippen LogP contribution in [0.25, 0.3) is 10.4 Å². The summed E-state index contributed by atoms with van der Waals surface area (Å²) in [5.74, 6) is -0.224. The zero-order chi connectivity index (χ0) is 33.7. The van der Waals surface area contributed by atoms with Gasteiger partial charge in [-0.25, -0.2) is 18.8 Å². The molecule has 2 atom stereocenters. The van der Waals surface area contributed by atoms with Crippen LogP contribution in [0.5, 0.6) is 5.75 Å². The third-order valence-corrected chi connectivity index (χ3v) is 9.37. The molecule has 0 saturated heterocycles. The Bertz CT molecular complexity index is 1660. The molecule has 0 aromatic heterocycles. The molecule has 3 N–H and O–H groups in total. The van der Waals surface area contributed by atoms with Crippen molar-refractivity contribution in [3.8, 4) is 5.75 Å². The Labute approximate surface area is 275 Å². The number of aliphatic hydroxyl groups is 1. The van der Waals surface area contributed by atoms with Gasteiger partial charge in [-0.15, -0.1) is 0 Å². The van der Waals surface area contributed by atoms with Crippen LogP contribution >= 0.6 is 0 Å². The molecule has 1 aliphatic rings. The lowest BCUT2D eigenvalue weighted by Crippen LogP contribution is -2.53. The van der Waals surface area contributed by atoms with Crippen LogP contribution in [0, 0.1) is 0 Å². The van der Waals surface area contributed by atoms with E-state index in [9.17, 15) is 13.2 Å². The van der Waals surface area contributed by atoms with Crippen LogP contribution in [0.2, 0.25) is 0 Å². The molecule has 0 unspecified atom stereocenters. The van der Waals surface area contributed by atoms with Gasteiger partial charge in [-0.1, -0.05) is 47.6 Å². The Morgan fingerprint density at radius 2 is 1.81 bits per heavy atom. The van der Waals surface area contributed by atoms with Gasteiger partial charge in [0, 0.05) is 36.5 Å². The predicted octanol–water partition coefficient (Wildman–Crippen LogP) is 3.95. The average Bonchev–Trinajstić information content (AvgIpc) is 3.48. The SMILES string of the molecule is CN(C)CCCNNC(=O)[C@@]1(CCS(=O)(=O)c2ccccc2)N=C(c2ccc(OCCCO)cc2)O[C@H]1c1ccccc1CN=[N+]=[N-]. The summed E-state index contributed by atoms with van der Waals surface area (Å²) in [5.41, 5.74) is 14.8. The number of hydrogen-bond acceptors (Lipinski definition) is 10. The van der Waals surface area contributed by atoms with E-state index >= 15 is 0 Å². The monoisotopic (exact) mass is 663 g/mol. The smallest absolute Gasteiger partial charge is 0.266 e. The number of aliphatic imine (C=N–C) groups is 1. The van der Waals surface area contributed by atoms with Crippen molar-refractivity contribution in [1.29, 1.82) is 0 Å².